The van der Waals surface area contributed by atoms with Crippen molar-refractivity contribution in [2.75, 3.05) is 26.2 Å². The summed E-state index contributed by atoms with van der Waals surface area (Å²) < 4.78 is 0. The summed E-state index contributed by atoms with van der Waals surface area (Å²) in [5, 5.41) is 10.4. The van der Waals surface area contributed by atoms with Gasteiger partial charge in [-0.15, -0.1) is 0 Å². The number of hydrogen-bond acceptors (Lipinski definition) is 3. The minimum Gasteiger partial charge on any atom is -0.390 e. The fourth-order valence-electron chi connectivity index (χ4n) is 3.93. The van der Waals surface area contributed by atoms with E-state index in [4.69, 9.17) is 0 Å². The predicted octanol–water partition coefficient (Wildman–Crippen LogP) is 2.01. The highest BCUT2D eigenvalue weighted by molar-refractivity contribution is 5.78. The van der Waals surface area contributed by atoms with Crippen molar-refractivity contribution in [2.45, 2.75) is 69.9 Å². The smallest absolute Gasteiger partial charge is 0.222 e. The number of carbonyl (C=O) groups is 1. The Bertz CT molecular complexity index is 351. The Balaban J connectivity index is 1.50. The molecule has 0 spiro atoms. The van der Waals surface area contributed by atoms with Gasteiger partial charge in [0.05, 0.1) is 6.10 Å². The highest BCUT2D eigenvalue weighted by Crippen LogP contribution is 2.32. The van der Waals surface area contributed by atoms with Crippen molar-refractivity contribution < 1.29 is 9.90 Å². The first-order chi connectivity index (χ1) is 10.2. The monoisotopic (exact) mass is 294 g/mol. The van der Waals surface area contributed by atoms with Crippen LogP contribution in [0.3, 0.4) is 0 Å². The van der Waals surface area contributed by atoms with Gasteiger partial charge >= 0.3 is 0 Å². The summed E-state index contributed by atoms with van der Waals surface area (Å²) in [7, 11) is 0. The number of carbonyl (C=O) groups excluding carboxylic acids is 1. The van der Waals surface area contributed by atoms with Crippen molar-refractivity contribution in [3.63, 3.8) is 0 Å². The van der Waals surface area contributed by atoms with E-state index in [1.54, 1.807) is 0 Å². The van der Waals surface area contributed by atoms with Crippen molar-refractivity contribution in [2.24, 2.45) is 5.92 Å². The number of likely N-dealkylation sites (tertiary alicyclic amines) is 1. The van der Waals surface area contributed by atoms with Crippen molar-refractivity contribution in [3.05, 3.63) is 0 Å². The fourth-order valence-corrected chi connectivity index (χ4v) is 3.93. The Labute approximate surface area is 128 Å². The van der Waals surface area contributed by atoms with E-state index < -0.39 is 0 Å². The van der Waals surface area contributed by atoms with Crippen LogP contribution in [0.25, 0.3) is 0 Å². The Kier molecular flexibility index (Phi) is 5.17. The third-order valence-corrected chi connectivity index (χ3v) is 5.33. The molecular weight excluding hydrogens is 264 g/mol. The van der Waals surface area contributed by atoms with Gasteiger partial charge in [-0.2, -0.15) is 0 Å². The lowest BCUT2D eigenvalue weighted by atomic mass is 9.93. The number of β-amino-alcohol motifs (C(OH)–C–C–N with tert-alkyl or cyclic N) is 1. The maximum atomic E-state index is 11.7. The lowest BCUT2D eigenvalue weighted by molar-refractivity contribution is -0.129. The van der Waals surface area contributed by atoms with E-state index in [-0.39, 0.29) is 12.0 Å². The van der Waals surface area contributed by atoms with Crippen molar-refractivity contribution in [3.8, 4) is 0 Å². The van der Waals surface area contributed by atoms with Gasteiger partial charge < -0.3 is 10.0 Å². The van der Waals surface area contributed by atoms with Crippen LogP contribution in [0, 0.1) is 5.92 Å². The maximum Gasteiger partial charge on any atom is 0.222 e. The molecule has 1 heterocycles. The first-order valence-electron chi connectivity index (χ1n) is 8.92. The standard InChI is InChI=1S/C17H30N2O2/c20-16(12-18-10-4-7-17(18)21)13-19(11-14-8-9-14)15-5-2-1-3-6-15/h14-16,20H,1-13H2. The summed E-state index contributed by atoms with van der Waals surface area (Å²) in [6.07, 6.45) is 10.6. The summed E-state index contributed by atoms with van der Waals surface area (Å²) in [6.45, 7) is 3.29. The normalized spacial score (nSPS) is 25.8. The molecule has 1 amide bonds. The minimum atomic E-state index is -0.382. The van der Waals surface area contributed by atoms with Crippen LogP contribution >= 0.6 is 0 Å². The Morgan fingerprint density at radius 2 is 1.90 bits per heavy atom. The quantitative estimate of drug-likeness (QED) is 0.781. The number of rotatable bonds is 7. The van der Waals surface area contributed by atoms with E-state index in [0.29, 0.717) is 19.0 Å². The van der Waals surface area contributed by atoms with E-state index in [1.807, 2.05) is 4.90 Å². The molecule has 0 bridgehead atoms. The fraction of sp³-hybridized carbons (Fsp3) is 0.941. The van der Waals surface area contributed by atoms with Gasteiger partial charge in [-0.05, 0) is 38.0 Å². The van der Waals surface area contributed by atoms with E-state index >= 15 is 0 Å². The molecule has 3 fully saturated rings. The van der Waals surface area contributed by atoms with Gasteiger partial charge in [0.15, 0.2) is 0 Å². The number of aliphatic hydroxyl groups is 1. The van der Waals surface area contributed by atoms with Crippen LogP contribution in [-0.2, 0) is 4.79 Å². The Morgan fingerprint density at radius 3 is 2.52 bits per heavy atom. The zero-order chi connectivity index (χ0) is 14.7. The van der Waals surface area contributed by atoms with Crippen molar-refractivity contribution >= 4 is 5.91 Å². The highest BCUT2D eigenvalue weighted by Gasteiger charge is 2.31. The van der Waals surface area contributed by atoms with Crippen molar-refractivity contribution in [1.29, 1.82) is 0 Å². The molecule has 4 nitrogen and oxygen atoms in total. The first-order valence-corrected chi connectivity index (χ1v) is 8.92. The van der Waals surface area contributed by atoms with Crippen LogP contribution in [0.5, 0.6) is 0 Å². The maximum absolute atomic E-state index is 11.7. The van der Waals surface area contributed by atoms with Crippen LogP contribution in [0.15, 0.2) is 0 Å². The Morgan fingerprint density at radius 1 is 1.14 bits per heavy atom. The average molecular weight is 294 g/mol. The third-order valence-electron chi connectivity index (χ3n) is 5.33. The van der Waals surface area contributed by atoms with E-state index in [0.717, 1.165) is 32.0 Å². The zero-order valence-electron chi connectivity index (χ0n) is 13.2. The minimum absolute atomic E-state index is 0.223. The molecule has 1 N–H and O–H groups in total. The van der Waals surface area contributed by atoms with E-state index in [1.165, 1.54) is 44.9 Å². The SMILES string of the molecule is O=C1CCCN1CC(O)CN(CC1CC1)C1CCCCC1. The molecule has 4 heteroatoms. The van der Waals surface area contributed by atoms with Crippen molar-refractivity contribution in [1.82, 2.24) is 9.80 Å². The largest absolute Gasteiger partial charge is 0.390 e. The Hall–Kier alpha value is -0.610. The number of aliphatic hydroxyl groups excluding tert-OH is 1. The summed E-state index contributed by atoms with van der Waals surface area (Å²) >= 11 is 0. The lowest BCUT2D eigenvalue weighted by Crippen LogP contribution is -2.46. The molecule has 1 unspecified atom stereocenters. The van der Waals surface area contributed by atoms with Gasteiger partial charge in [0.2, 0.25) is 5.91 Å². The van der Waals surface area contributed by atoms with Crippen LogP contribution in [0.1, 0.15) is 57.8 Å². The predicted molar refractivity (Wildman–Crippen MR) is 83.0 cm³/mol. The van der Waals surface area contributed by atoms with Gasteiger partial charge in [0.1, 0.15) is 0 Å². The van der Waals surface area contributed by atoms with Crippen LogP contribution in [-0.4, -0.2) is 59.1 Å². The number of amides is 1. The molecule has 1 aliphatic heterocycles. The molecule has 0 radical (unpaired) electrons. The lowest BCUT2D eigenvalue weighted by Gasteiger charge is -2.36. The summed E-state index contributed by atoms with van der Waals surface area (Å²) in [4.78, 5) is 16.1. The van der Waals surface area contributed by atoms with Gasteiger partial charge in [-0.25, -0.2) is 0 Å². The summed E-state index contributed by atoms with van der Waals surface area (Å²) in [6, 6.07) is 0.670. The molecule has 120 valence electrons. The van der Waals surface area contributed by atoms with Crippen LogP contribution in [0.4, 0.5) is 0 Å². The van der Waals surface area contributed by atoms with Crippen LogP contribution in [0.2, 0.25) is 0 Å². The van der Waals surface area contributed by atoms with Gasteiger partial charge in [0.25, 0.3) is 0 Å². The zero-order valence-corrected chi connectivity index (χ0v) is 13.2. The molecule has 0 aromatic carbocycles. The van der Waals surface area contributed by atoms with E-state index in [2.05, 4.69) is 4.90 Å². The second-order valence-corrected chi connectivity index (χ2v) is 7.29. The first kappa shape index (κ1) is 15.3. The number of nitrogens with zero attached hydrogens (tertiary/aromatic N) is 2. The molecule has 1 saturated heterocycles. The average Bonchev–Trinajstić information content (AvgIpc) is 3.22. The van der Waals surface area contributed by atoms with Gasteiger partial charge in [-0.1, -0.05) is 19.3 Å². The molecule has 3 aliphatic rings. The summed E-state index contributed by atoms with van der Waals surface area (Å²) in [5.41, 5.74) is 0. The molecular formula is C17H30N2O2. The van der Waals surface area contributed by atoms with Gasteiger partial charge in [-0.3, -0.25) is 9.69 Å². The molecule has 3 rings (SSSR count). The van der Waals surface area contributed by atoms with Crippen LogP contribution < -0.4 is 0 Å². The molecule has 21 heavy (non-hydrogen) atoms. The van der Waals surface area contributed by atoms with E-state index in [9.17, 15) is 9.90 Å². The highest BCUT2D eigenvalue weighted by atomic mass is 16.3. The molecule has 2 aliphatic carbocycles. The second-order valence-electron chi connectivity index (χ2n) is 7.29. The number of hydrogen-bond donors (Lipinski definition) is 1. The van der Waals surface area contributed by atoms with Gasteiger partial charge in [0, 0.05) is 38.6 Å². The second kappa shape index (κ2) is 7.10. The molecule has 0 aromatic rings. The molecule has 0 aromatic heterocycles. The third kappa shape index (κ3) is 4.43. The molecule has 1 atom stereocenters. The molecule has 2 saturated carbocycles. The topological polar surface area (TPSA) is 43.8 Å². The summed E-state index contributed by atoms with van der Waals surface area (Å²) in [5.74, 6) is 1.09.